The van der Waals surface area contributed by atoms with Gasteiger partial charge >= 0.3 is 11.9 Å². The van der Waals surface area contributed by atoms with Crippen LogP contribution in [0.4, 0.5) is 10.8 Å². The van der Waals surface area contributed by atoms with Gasteiger partial charge in [0.05, 0.1) is 30.0 Å². The summed E-state index contributed by atoms with van der Waals surface area (Å²) < 4.78 is 10.5. The Kier molecular flexibility index (Phi) is 5.55. The Bertz CT molecular complexity index is 1050. The molecule has 9 heteroatoms. The maximum Gasteiger partial charge on any atom is 0.355 e. The van der Waals surface area contributed by atoms with Crippen LogP contribution in [0.15, 0.2) is 53.9 Å². The van der Waals surface area contributed by atoms with Gasteiger partial charge in [-0.3, -0.25) is 4.79 Å². The number of esters is 2. The minimum absolute atomic E-state index is 0.0327. The number of nitrogens with one attached hydrogen (secondary N) is 1. The Morgan fingerprint density at radius 2 is 1.86 bits per heavy atom. The SMILES string of the molecule is COC(=O)C1=C(C(=O)OC)N(c2ccc3nc(NC(C)=O)sc3c2)C=CC=C1. The van der Waals surface area contributed by atoms with Crippen LogP contribution in [0.25, 0.3) is 10.2 Å². The molecule has 0 spiro atoms. The fourth-order valence-electron chi connectivity index (χ4n) is 2.63. The lowest BCUT2D eigenvalue weighted by Crippen LogP contribution is -2.26. The van der Waals surface area contributed by atoms with Gasteiger partial charge in [-0.25, -0.2) is 14.6 Å². The zero-order valence-corrected chi connectivity index (χ0v) is 16.2. The van der Waals surface area contributed by atoms with Crippen LogP contribution in [0.5, 0.6) is 0 Å². The van der Waals surface area contributed by atoms with E-state index in [1.54, 1.807) is 35.4 Å². The van der Waals surface area contributed by atoms with Crippen molar-refractivity contribution in [1.29, 1.82) is 0 Å². The Morgan fingerprint density at radius 1 is 1.11 bits per heavy atom. The molecule has 0 radical (unpaired) electrons. The second-order valence-corrected chi connectivity index (χ2v) is 6.70. The monoisotopic (exact) mass is 399 g/mol. The van der Waals surface area contributed by atoms with Crippen molar-refractivity contribution in [2.75, 3.05) is 24.4 Å². The summed E-state index contributed by atoms with van der Waals surface area (Å²) in [6.07, 6.45) is 6.47. The number of allylic oxidation sites excluding steroid dienone is 2. The molecule has 28 heavy (non-hydrogen) atoms. The van der Waals surface area contributed by atoms with Gasteiger partial charge in [-0.15, -0.1) is 0 Å². The number of amides is 1. The third-order valence-corrected chi connectivity index (χ3v) is 4.76. The van der Waals surface area contributed by atoms with Crippen molar-refractivity contribution < 1.29 is 23.9 Å². The molecule has 2 aromatic rings. The number of carbonyl (C=O) groups excluding carboxylic acids is 3. The number of rotatable bonds is 4. The summed E-state index contributed by atoms with van der Waals surface area (Å²) in [5.74, 6) is -1.54. The number of nitrogens with zero attached hydrogens (tertiary/aromatic N) is 2. The standard InChI is InChI=1S/C19H17N3O5S/c1-11(23)20-19-21-14-8-7-12(10-15(14)28-19)22-9-5-4-6-13(17(24)26-2)16(22)18(25)27-3/h4-10H,1-3H3,(H,20,21,23). The fourth-order valence-corrected chi connectivity index (χ4v) is 3.58. The normalized spacial score (nSPS) is 13.5. The summed E-state index contributed by atoms with van der Waals surface area (Å²) in [7, 11) is 2.49. The summed E-state index contributed by atoms with van der Waals surface area (Å²) in [6.45, 7) is 1.41. The lowest BCUT2D eigenvalue weighted by atomic mass is 10.1. The van der Waals surface area contributed by atoms with Gasteiger partial charge in [0.2, 0.25) is 5.91 Å². The number of fused-ring (bicyclic) bond motifs is 1. The summed E-state index contributed by atoms with van der Waals surface area (Å²) in [5, 5.41) is 3.13. The molecule has 3 rings (SSSR count). The molecule has 1 N–H and O–H groups in total. The van der Waals surface area contributed by atoms with Crippen molar-refractivity contribution >= 4 is 50.2 Å². The van der Waals surface area contributed by atoms with Crippen LogP contribution in [0, 0.1) is 0 Å². The number of aromatic nitrogens is 1. The lowest BCUT2D eigenvalue weighted by Gasteiger charge is -2.23. The lowest BCUT2D eigenvalue weighted by molar-refractivity contribution is -0.139. The first-order chi connectivity index (χ1) is 13.4. The molecule has 0 aliphatic carbocycles. The predicted molar refractivity (Wildman–Crippen MR) is 106 cm³/mol. The molecule has 0 fully saturated rings. The van der Waals surface area contributed by atoms with E-state index in [9.17, 15) is 14.4 Å². The number of ether oxygens (including phenoxy) is 2. The molecular weight excluding hydrogens is 382 g/mol. The van der Waals surface area contributed by atoms with Gasteiger partial charge in [-0.05, 0) is 30.4 Å². The zero-order chi connectivity index (χ0) is 20.3. The number of hydrogen-bond acceptors (Lipinski definition) is 8. The number of methoxy groups -OCH3 is 2. The Hall–Kier alpha value is -3.46. The zero-order valence-electron chi connectivity index (χ0n) is 15.4. The fraction of sp³-hybridized carbons (Fsp3) is 0.158. The molecule has 0 unspecified atom stereocenters. The van der Waals surface area contributed by atoms with Crippen molar-refractivity contribution in [3.8, 4) is 0 Å². The third-order valence-electron chi connectivity index (χ3n) is 3.82. The van der Waals surface area contributed by atoms with E-state index in [0.29, 0.717) is 16.3 Å². The van der Waals surface area contributed by atoms with Gasteiger partial charge in [-0.1, -0.05) is 17.4 Å². The van der Waals surface area contributed by atoms with Crippen LogP contribution >= 0.6 is 11.3 Å². The minimum Gasteiger partial charge on any atom is -0.465 e. The molecular formula is C19H17N3O5S. The molecule has 2 heterocycles. The van der Waals surface area contributed by atoms with Crippen LogP contribution < -0.4 is 10.2 Å². The maximum atomic E-state index is 12.5. The molecule has 0 bridgehead atoms. The number of anilines is 2. The predicted octanol–water partition coefficient (Wildman–Crippen LogP) is 2.74. The summed E-state index contributed by atoms with van der Waals surface area (Å²) >= 11 is 1.30. The minimum atomic E-state index is -0.681. The van der Waals surface area contributed by atoms with Crippen LogP contribution in [-0.4, -0.2) is 37.0 Å². The van der Waals surface area contributed by atoms with E-state index in [4.69, 9.17) is 9.47 Å². The number of thiazole rings is 1. The Balaban J connectivity index is 2.12. The highest BCUT2D eigenvalue weighted by atomic mass is 32.1. The summed E-state index contributed by atoms with van der Waals surface area (Å²) in [4.78, 5) is 41.8. The number of carbonyl (C=O) groups is 3. The van der Waals surface area contributed by atoms with E-state index in [1.807, 2.05) is 6.07 Å². The molecule has 144 valence electrons. The molecule has 1 aliphatic heterocycles. The first kappa shape index (κ1) is 19.3. The summed E-state index contributed by atoms with van der Waals surface area (Å²) in [6, 6.07) is 5.34. The van der Waals surface area contributed by atoms with Crippen LogP contribution in [-0.2, 0) is 23.9 Å². The van der Waals surface area contributed by atoms with E-state index in [-0.39, 0.29) is 17.2 Å². The van der Waals surface area contributed by atoms with Crippen molar-refractivity contribution in [2.24, 2.45) is 0 Å². The Labute approximate surface area is 164 Å². The first-order valence-electron chi connectivity index (χ1n) is 8.17. The van der Waals surface area contributed by atoms with Crippen molar-refractivity contribution in [1.82, 2.24) is 4.98 Å². The molecule has 8 nitrogen and oxygen atoms in total. The van der Waals surface area contributed by atoms with Gasteiger partial charge in [-0.2, -0.15) is 0 Å². The average molecular weight is 399 g/mol. The Morgan fingerprint density at radius 3 is 2.54 bits per heavy atom. The highest BCUT2D eigenvalue weighted by Crippen LogP contribution is 2.32. The molecule has 1 aromatic carbocycles. The van der Waals surface area contributed by atoms with Crippen LogP contribution in [0.2, 0.25) is 0 Å². The second-order valence-electron chi connectivity index (χ2n) is 5.67. The van der Waals surface area contributed by atoms with E-state index >= 15 is 0 Å². The molecule has 1 aromatic heterocycles. The molecule has 0 atom stereocenters. The van der Waals surface area contributed by atoms with E-state index in [1.165, 1.54) is 38.6 Å². The maximum absolute atomic E-state index is 12.5. The van der Waals surface area contributed by atoms with E-state index in [0.717, 1.165) is 4.70 Å². The highest BCUT2D eigenvalue weighted by Gasteiger charge is 2.27. The van der Waals surface area contributed by atoms with E-state index in [2.05, 4.69) is 10.3 Å². The van der Waals surface area contributed by atoms with Crippen LogP contribution in [0.1, 0.15) is 6.92 Å². The van der Waals surface area contributed by atoms with E-state index < -0.39 is 11.9 Å². The van der Waals surface area contributed by atoms with Crippen molar-refractivity contribution in [3.63, 3.8) is 0 Å². The third kappa shape index (κ3) is 3.79. The van der Waals surface area contributed by atoms with Crippen molar-refractivity contribution in [2.45, 2.75) is 6.92 Å². The molecule has 1 aliphatic rings. The van der Waals surface area contributed by atoms with Gasteiger partial charge in [0.25, 0.3) is 0 Å². The van der Waals surface area contributed by atoms with Crippen molar-refractivity contribution in [3.05, 3.63) is 53.9 Å². The molecule has 1 amide bonds. The average Bonchev–Trinajstić information content (AvgIpc) is 2.93. The van der Waals surface area contributed by atoms with Gasteiger partial charge in [0, 0.05) is 18.8 Å². The second kappa shape index (κ2) is 8.05. The topological polar surface area (TPSA) is 97.8 Å². The van der Waals surface area contributed by atoms with Gasteiger partial charge in [0.15, 0.2) is 5.13 Å². The van der Waals surface area contributed by atoms with Crippen LogP contribution in [0.3, 0.4) is 0 Å². The summed E-state index contributed by atoms with van der Waals surface area (Å²) in [5.41, 5.74) is 1.42. The quantitative estimate of drug-likeness (QED) is 0.790. The first-order valence-corrected chi connectivity index (χ1v) is 8.99. The highest BCUT2D eigenvalue weighted by molar-refractivity contribution is 7.22. The molecule has 0 saturated heterocycles. The van der Waals surface area contributed by atoms with Gasteiger partial charge < -0.3 is 19.7 Å². The van der Waals surface area contributed by atoms with Gasteiger partial charge in [0.1, 0.15) is 5.70 Å². The number of benzene rings is 1. The number of hydrogen-bond donors (Lipinski definition) is 1. The smallest absolute Gasteiger partial charge is 0.355 e. The largest absolute Gasteiger partial charge is 0.465 e. The molecule has 0 saturated carbocycles.